The first-order valence-electron chi connectivity index (χ1n) is 4.77. The predicted molar refractivity (Wildman–Crippen MR) is 59.5 cm³/mol. The molecule has 0 radical (unpaired) electrons. The third-order valence-electron chi connectivity index (χ3n) is 2.17. The van der Waals surface area contributed by atoms with Gasteiger partial charge in [-0.3, -0.25) is 4.79 Å². The quantitative estimate of drug-likeness (QED) is 0.674. The molecular formula is C11H13ClO4. The van der Waals surface area contributed by atoms with Crippen LogP contribution in [-0.2, 0) is 11.2 Å². The minimum atomic E-state index is -1.09. The number of rotatable bonds is 5. The average molecular weight is 245 g/mol. The molecule has 0 fully saturated rings. The summed E-state index contributed by atoms with van der Waals surface area (Å²) in [6, 6.07) is 6.45. The van der Waals surface area contributed by atoms with Crippen LogP contribution in [0.25, 0.3) is 0 Å². The number of carbonyl (C=O) groups is 1. The average Bonchev–Trinajstić information content (AvgIpc) is 2.26. The van der Waals surface area contributed by atoms with Crippen molar-refractivity contribution in [3.63, 3.8) is 0 Å². The minimum absolute atomic E-state index is 0.0790. The highest BCUT2D eigenvalue weighted by molar-refractivity contribution is 6.18. The van der Waals surface area contributed by atoms with Crippen molar-refractivity contribution in [1.29, 1.82) is 0 Å². The lowest BCUT2D eigenvalue weighted by Crippen LogP contribution is -2.19. The Labute approximate surface area is 98.1 Å². The van der Waals surface area contributed by atoms with Crippen LogP contribution in [0.3, 0.4) is 0 Å². The van der Waals surface area contributed by atoms with Gasteiger partial charge < -0.3 is 15.3 Å². The van der Waals surface area contributed by atoms with Gasteiger partial charge >= 0.3 is 5.97 Å². The molecule has 0 heterocycles. The maximum atomic E-state index is 10.5. The summed E-state index contributed by atoms with van der Waals surface area (Å²) in [6.07, 6.45) is -2.26. The van der Waals surface area contributed by atoms with E-state index in [0.29, 0.717) is 11.1 Å². The monoisotopic (exact) mass is 244 g/mol. The number of carboxylic acid groups (broad SMARTS) is 1. The van der Waals surface area contributed by atoms with E-state index in [2.05, 4.69) is 0 Å². The first-order chi connectivity index (χ1) is 7.54. The lowest BCUT2D eigenvalue weighted by atomic mass is 10.0. The largest absolute Gasteiger partial charge is 0.481 e. The second-order valence-corrected chi connectivity index (χ2v) is 3.79. The number of carboxylic acids is 1. The number of aliphatic hydroxyl groups is 2. The van der Waals surface area contributed by atoms with Gasteiger partial charge in [-0.1, -0.05) is 24.3 Å². The lowest BCUT2D eigenvalue weighted by Gasteiger charge is -2.16. The number of halogens is 1. The molecule has 0 aliphatic rings. The summed E-state index contributed by atoms with van der Waals surface area (Å²) in [5.41, 5.74) is 1.04. The molecule has 0 saturated carbocycles. The van der Waals surface area contributed by atoms with Crippen molar-refractivity contribution >= 4 is 17.6 Å². The van der Waals surface area contributed by atoms with Crippen LogP contribution in [0, 0.1) is 0 Å². The number of aliphatic hydroxyl groups excluding tert-OH is 2. The summed E-state index contributed by atoms with van der Waals surface area (Å²) in [4.78, 5) is 10.5. The Morgan fingerprint density at radius 3 is 2.62 bits per heavy atom. The molecule has 0 saturated heterocycles. The van der Waals surface area contributed by atoms with E-state index in [1.165, 1.54) is 0 Å². The number of hydrogen-bond donors (Lipinski definition) is 3. The highest BCUT2D eigenvalue weighted by Crippen LogP contribution is 2.19. The van der Waals surface area contributed by atoms with Crippen molar-refractivity contribution in [3.05, 3.63) is 35.4 Å². The summed E-state index contributed by atoms with van der Waals surface area (Å²) in [5.74, 6) is -1.02. The standard InChI is InChI=1S/C11H13ClO4/c12-6-9(13)11(16)8-3-1-2-7(4-8)5-10(14)15/h1-4,9,11,13,16H,5-6H2,(H,14,15). The van der Waals surface area contributed by atoms with Crippen LogP contribution in [0.4, 0.5) is 0 Å². The minimum Gasteiger partial charge on any atom is -0.481 e. The SMILES string of the molecule is O=C(O)Cc1cccc(C(O)C(O)CCl)c1. The van der Waals surface area contributed by atoms with Gasteiger partial charge in [-0.05, 0) is 11.1 Å². The Kier molecular flexibility index (Phi) is 4.73. The zero-order valence-corrected chi connectivity index (χ0v) is 9.26. The Morgan fingerprint density at radius 1 is 1.38 bits per heavy atom. The van der Waals surface area contributed by atoms with E-state index in [4.69, 9.17) is 16.7 Å². The predicted octanol–water partition coefficient (Wildman–Crippen LogP) is 0.947. The van der Waals surface area contributed by atoms with Gasteiger partial charge in [0, 0.05) is 0 Å². The zero-order valence-electron chi connectivity index (χ0n) is 8.51. The second kappa shape index (κ2) is 5.84. The van der Waals surface area contributed by atoms with Gasteiger partial charge in [0.25, 0.3) is 0 Å². The highest BCUT2D eigenvalue weighted by Gasteiger charge is 2.17. The fourth-order valence-electron chi connectivity index (χ4n) is 1.37. The maximum Gasteiger partial charge on any atom is 0.307 e. The third kappa shape index (κ3) is 3.48. The second-order valence-electron chi connectivity index (χ2n) is 3.48. The molecule has 2 atom stereocenters. The molecule has 0 bridgehead atoms. The van der Waals surface area contributed by atoms with Crippen LogP contribution < -0.4 is 0 Å². The third-order valence-corrected chi connectivity index (χ3v) is 2.49. The van der Waals surface area contributed by atoms with Crippen LogP contribution in [0.2, 0.25) is 0 Å². The van der Waals surface area contributed by atoms with Gasteiger partial charge in [0.15, 0.2) is 0 Å². The van der Waals surface area contributed by atoms with Crippen LogP contribution in [0.15, 0.2) is 24.3 Å². The Bertz CT molecular complexity index is 367. The van der Waals surface area contributed by atoms with Gasteiger partial charge in [-0.25, -0.2) is 0 Å². The molecule has 3 N–H and O–H groups in total. The number of alkyl halides is 1. The number of aliphatic carboxylic acids is 1. The summed E-state index contributed by atoms with van der Waals surface area (Å²) in [6.45, 7) is 0. The van der Waals surface area contributed by atoms with Crippen molar-refractivity contribution in [2.45, 2.75) is 18.6 Å². The fraction of sp³-hybridized carbons (Fsp3) is 0.364. The summed E-state index contributed by atoms with van der Waals surface area (Å²) in [5, 5.41) is 27.6. The van der Waals surface area contributed by atoms with Gasteiger partial charge in [0.2, 0.25) is 0 Å². The Balaban J connectivity index is 2.85. The van der Waals surface area contributed by atoms with Crippen LogP contribution >= 0.6 is 11.6 Å². The van der Waals surface area contributed by atoms with Gasteiger partial charge in [-0.2, -0.15) is 0 Å². The molecule has 1 aromatic rings. The molecule has 1 rings (SSSR count). The van der Waals surface area contributed by atoms with Crippen LogP contribution in [-0.4, -0.2) is 33.3 Å². The first kappa shape index (κ1) is 13.0. The fourth-order valence-corrected chi connectivity index (χ4v) is 1.54. The molecule has 4 nitrogen and oxygen atoms in total. The molecule has 5 heteroatoms. The van der Waals surface area contributed by atoms with E-state index in [1.807, 2.05) is 0 Å². The lowest BCUT2D eigenvalue weighted by molar-refractivity contribution is -0.136. The molecule has 0 aliphatic carbocycles. The molecule has 2 unspecified atom stereocenters. The van der Waals surface area contributed by atoms with E-state index in [1.54, 1.807) is 24.3 Å². The molecule has 0 aliphatic heterocycles. The number of hydrogen-bond acceptors (Lipinski definition) is 3. The van der Waals surface area contributed by atoms with Crippen molar-refractivity contribution in [3.8, 4) is 0 Å². The maximum absolute atomic E-state index is 10.5. The summed E-state index contributed by atoms with van der Waals surface area (Å²) < 4.78 is 0. The van der Waals surface area contributed by atoms with Gasteiger partial charge in [-0.15, -0.1) is 11.6 Å². The molecule has 0 aromatic heterocycles. The first-order valence-corrected chi connectivity index (χ1v) is 5.30. The van der Waals surface area contributed by atoms with Crippen molar-refractivity contribution in [2.75, 3.05) is 5.88 Å². The number of benzene rings is 1. The smallest absolute Gasteiger partial charge is 0.307 e. The van der Waals surface area contributed by atoms with Crippen LogP contribution in [0.5, 0.6) is 0 Å². The van der Waals surface area contributed by atoms with Crippen LogP contribution in [0.1, 0.15) is 17.2 Å². The van der Waals surface area contributed by atoms with E-state index in [9.17, 15) is 15.0 Å². The van der Waals surface area contributed by atoms with Crippen molar-refractivity contribution in [1.82, 2.24) is 0 Å². The van der Waals surface area contributed by atoms with Crippen molar-refractivity contribution < 1.29 is 20.1 Å². The topological polar surface area (TPSA) is 77.8 Å². The van der Waals surface area contributed by atoms with E-state index >= 15 is 0 Å². The van der Waals surface area contributed by atoms with E-state index in [0.717, 1.165) is 0 Å². The summed E-state index contributed by atoms with van der Waals surface area (Å²) in [7, 11) is 0. The highest BCUT2D eigenvalue weighted by atomic mass is 35.5. The normalized spacial score (nSPS) is 14.4. The molecule has 0 spiro atoms. The zero-order chi connectivity index (χ0) is 12.1. The molecule has 1 aromatic carbocycles. The van der Waals surface area contributed by atoms with Crippen molar-refractivity contribution in [2.24, 2.45) is 0 Å². The molecular weight excluding hydrogens is 232 g/mol. The molecule has 88 valence electrons. The van der Waals surface area contributed by atoms with Gasteiger partial charge in [0.05, 0.1) is 18.4 Å². The summed E-state index contributed by atoms with van der Waals surface area (Å²) >= 11 is 5.42. The Hall–Kier alpha value is -1.10. The van der Waals surface area contributed by atoms with E-state index in [-0.39, 0.29) is 12.3 Å². The Morgan fingerprint density at radius 2 is 2.06 bits per heavy atom. The molecule has 16 heavy (non-hydrogen) atoms. The van der Waals surface area contributed by atoms with E-state index < -0.39 is 18.2 Å². The van der Waals surface area contributed by atoms with Gasteiger partial charge in [0.1, 0.15) is 6.10 Å². The molecule has 0 amide bonds.